The molecule has 10 aromatic rings. The molecule has 0 atom stereocenters. The lowest BCUT2D eigenvalue weighted by molar-refractivity contribution is 0.673. The molecule has 0 fully saturated rings. The Hall–Kier alpha value is -6.90. The first-order valence-electron chi connectivity index (χ1n) is 17.8. The first-order chi connectivity index (χ1) is 25.8. The fourth-order valence-electron chi connectivity index (χ4n) is 7.66. The number of benzene rings is 9. The van der Waals surface area contributed by atoms with E-state index in [1.807, 2.05) is 0 Å². The number of anilines is 3. The van der Waals surface area contributed by atoms with Gasteiger partial charge in [-0.1, -0.05) is 146 Å². The van der Waals surface area contributed by atoms with E-state index < -0.39 is 0 Å². The van der Waals surface area contributed by atoms with Crippen molar-refractivity contribution in [3.05, 3.63) is 200 Å². The molecule has 0 N–H and O–H groups in total. The molecule has 0 aliphatic heterocycles. The van der Waals surface area contributed by atoms with Crippen LogP contribution in [0.2, 0.25) is 0 Å². The fraction of sp³-hybridized carbons (Fsp3) is 0. The van der Waals surface area contributed by atoms with Crippen LogP contribution in [0.1, 0.15) is 0 Å². The Balaban J connectivity index is 1.08. The zero-order valence-corrected chi connectivity index (χ0v) is 28.4. The Kier molecular flexibility index (Phi) is 7.18. The van der Waals surface area contributed by atoms with Crippen LogP contribution < -0.4 is 4.90 Å². The summed E-state index contributed by atoms with van der Waals surface area (Å²) >= 11 is 0. The molecule has 0 saturated heterocycles. The van der Waals surface area contributed by atoms with Gasteiger partial charge in [-0.3, -0.25) is 0 Å². The topological polar surface area (TPSA) is 16.4 Å². The number of hydrogen-bond acceptors (Lipinski definition) is 2. The highest BCUT2D eigenvalue weighted by Gasteiger charge is 2.17. The number of furan rings is 1. The molecule has 1 heterocycles. The van der Waals surface area contributed by atoms with E-state index in [1.54, 1.807) is 0 Å². The van der Waals surface area contributed by atoms with E-state index in [4.69, 9.17) is 4.42 Å². The molecule has 2 heteroatoms. The highest BCUT2D eigenvalue weighted by atomic mass is 16.3. The Morgan fingerprint density at radius 2 is 0.923 bits per heavy atom. The van der Waals surface area contributed by atoms with Crippen molar-refractivity contribution in [2.24, 2.45) is 0 Å². The second-order valence-corrected chi connectivity index (χ2v) is 13.4. The van der Waals surface area contributed by atoms with E-state index in [-0.39, 0.29) is 0 Å². The van der Waals surface area contributed by atoms with Crippen molar-refractivity contribution in [3.8, 4) is 33.4 Å². The monoisotopic (exact) mass is 663 g/mol. The standard InChI is InChI=1S/C50H33NO/c1-2-10-34(11-3-1)36-22-27-42(28-23-36)51(44-16-8-15-40(33-44)41-21-20-35-12-4-5-14-39(35)32-41)43-29-24-38(25-30-43)45-18-9-19-48-49(45)47-31-26-37-13-6-7-17-46(37)50(47)52-48/h1-33H. The Bertz CT molecular complexity index is 2890. The van der Waals surface area contributed by atoms with Gasteiger partial charge in [0.2, 0.25) is 0 Å². The van der Waals surface area contributed by atoms with Crippen LogP contribution in [0.5, 0.6) is 0 Å². The van der Waals surface area contributed by atoms with E-state index in [1.165, 1.54) is 38.4 Å². The molecular formula is C50H33NO. The van der Waals surface area contributed by atoms with Gasteiger partial charge >= 0.3 is 0 Å². The van der Waals surface area contributed by atoms with Gasteiger partial charge in [0.05, 0.1) is 0 Å². The summed E-state index contributed by atoms with van der Waals surface area (Å²) in [7, 11) is 0. The lowest BCUT2D eigenvalue weighted by Crippen LogP contribution is -2.10. The molecule has 10 rings (SSSR count). The van der Waals surface area contributed by atoms with Crippen LogP contribution in [0, 0.1) is 0 Å². The third-order valence-corrected chi connectivity index (χ3v) is 10.2. The van der Waals surface area contributed by atoms with Crippen LogP contribution in [0.4, 0.5) is 17.1 Å². The third kappa shape index (κ3) is 5.21. The number of nitrogens with zero attached hydrogens (tertiary/aromatic N) is 1. The molecule has 0 spiro atoms. The van der Waals surface area contributed by atoms with Crippen LogP contribution in [0.15, 0.2) is 205 Å². The van der Waals surface area contributed by atoms with Gasteiger partial charge in [0.1, 0.15) is 11.2 Å². The van der Waals surface area contributed by atoms with Gasteiger partial charge in [0, 0.05) is 33.2 Å². The summed E-state index contributed by atoms with van der Waals surface area (Å²) in [5.74, 6) is 0. The lowest BCUT2D eigenvalue weighted by atomic mass is 9.97. The molecule has 0 radical (unpaired) electrons. The first kappa shape index (κ1) is 30.0. The average Bonchev–Trinajstić information content (AvgIpc) is 3.62. The minimum Gasteiger partial charge on any atom is -0.455 e. The van der Waals surface area contributed by atoms with Crippen molar-refractivity contribution in [1.82, 2.24) is 0 Å². The normalized spacial score (nSPS) is 11.5. The van der Waals surface area contributed by atoms with E-state index in [0.717, 1.165) is 55.5 Å². The fourth-order valence-corrected chi connectivity index (χ4v) is 7.66. The van der Waals surface area contributed by atoms with E-state index in [0.29, 0.717) is 0 Å². The van der Waals surface area contributed by atoms with Crippen LogP contribution in [-0.4, -0.2) is 0 Å². The first-order valence-corrected chi connectivity index (χ1v) is 17.8. The van der Waals surface area contributed by atoms with Gasteiger partial charge < -0.3 is 9.32 Å². The molecule has 0 bridgehead atoms. The zero-order chi connectivity index (χ0) is 34.4. The molecule has 2 nitrogen and oxygen atoms in total. The molecule has 52 heavy (non-hydrogen) atoms. The highest BCUT2D eigenvalue weighted by molar-refractivity contribution is 6.19. The molecule has 0 aliphatic carbocycles. The maximum Gasteiger partial charge on any atom is 0.143 e. The third-order valence-electron chi connectivity index (χ3n) is 10.2. The van der Waals surface area contributed by atoms with E-state index >= 15 is 0 Å². The molecule has 9 aromatic carbocycles. The number of rotatable bonds is 6. The molecule has 0 saturated carbocycles. The average molecular weight is 664 g/mol. The minimum absolute atomic E-state index is 0.901. The number of fused-ring (bicyclic) bond motifs is 6. The molecule has 0 unspecified atom stereocenters. The van der Waals surface area contributed by atoms with Gasteiger partial charge in [-0.25, -0.2) is 0 Å². The summed E-state index contributed by atoms with van der Waals surface area (Å²) in [6.07, 6.45) is 0. The van der Waals surface area contributed by atoms with Crippen molar-refractivity contribution in [3.63, 3.8) is 0 Å². The van der Waals surface area contributed by atoms with Crippen molar-refractivity contribution in [1.29, 1.82) is 0 Å². The van der Waals surface area contributed by atoms with Crippen LogP contribution in [0.3, 0.4) is 0 Å². The van der Waals surface area contributed by atoms with Crippen molar-refractivity contribution in [2.75, 3.05) is 4.90 Å². The molecule has 1 aromatic heterocycles. The largest absolute Gasteiger partial charge is 0.455 e. The van der Waals surface area contributed by atoms with Crippen LogP contribution in [0.25, 0.3) is 76.9 Å². The summed E-state index contributed by atoms with van der Waals surface area (Å²) in [6, 6.07) is 71.7. The Morgan fingerprint density at radius 3 is 1.73 bits per heavy atom. The second-order valence-electron chi connectivity index (χ2n) is 13.4. The Labute approximate surface area is 302 Å². The van der Waals surface area contributed by atoms with E-state index in [9.17, 15) is 0 Å². The number of hydrogen-bond donors (Lipinski definition) is 0. The summed E-state index contributed by atoms with van der Waals surface area (Å²) in [5, 5.41) is 7.09. The van der Waals surface area contributed by atoms with Crippen LogP contribution in [-0.2, 0) is 0 Å². The summed E-state index contributed by atoms with van der Waals surface area (Å²) < 4.78 is 6.51. The van der Waals surface area contributed by atoms with Gasteiger partial charge in [-0.05, 0) is 104 Å². The van der Waals surface area contributed by atoms with Gasteiger partial charge in [-0.2, -0.15) is 0 Å². The maximum absolute atomic E-state index is 6.51. The molecular weight excluding hydrogens is 631 g/mol. The van der Waals surface area contributed by atoms with Crippen molar-refractivity contribution in [2.45, 2.75) is 0 Å². The van der Waals surface area contributed by atoms with Gasteiger partial charge in [0.15, 0.2) is 0 Å². The smallest absolute Gasteiger partial charge is 0.143 e. The molecule has 0 amide bonds. The highest BCUT2D eigenvalue weighted by Crippen LogP contribution is 2.42. The zero-order valence-electron chi connectivity index (χ0n) is 28.4. The van der Waals surface area contributed by atoms with Gasteiger partial charge in [0.25, 0.3) is 0 Å². The van der Waals surface area contributed by atoms with Crippen LogP contribution >= 0.6 is 0 Å². The Morgan fingerprint density at radius 1 is 0.327 bits per heavy atom. The van der Waals surface area contributed by atoms with Gasteiger partial charge in [-0.15, -0.1) is 0 Å². The quantitative estimate of drug-likeness (QED) is 0.176. The predicted molar refractivity (Wildman–Crippen MR) is 220 cm³/mol. The lowest BCUT2D eigenvalue weighted by Gasteiger charge is -2.26. The van der Waals surface area contributed by atoms with Crippen molar-refractivity contribution < 1.29 is 4.42 Å². The molecule has 0 aliphatic rings. The second kappa shape index (κ2) is 12.5. The minimum atomic E-state index is 0.901. The van der Waals surface area contributed by atoms with E-state index in [2.05, 4.69) is 205 Å². The molecule has 244 valence electrons. The predicted octanol–water partition coefficient (Wildman–Crippen LogP) is 14.4. The summed E-state index contributed by atoms with van der Waals surface area (Å²) in [4.78, 5) is 2.35. The SMILES string of the molecule is c1ccc(-c2ccc(N(c3ccc(-c4cccc5oc6c7ccccc7ccc6c45)cc3)c3cccc(-c4ccc5ccccc5c4)c3)cc2)cc1. The summed E-state index contributed by atoms with van der Waals surface area (Å²) in [6.45, 7) is 0. The maximum atomic E-state index is 6.51. The summed E-state index contributed by atoms with van der Waals surface area (Å²) in [5.41, 5.74) is 12.2. The van der Waals surface area contributed by atoms with Crippen molar-refractivity contribution >= 4 is 60.5 Å².